The molecule has 2 aromatic heterocycles. The number of anilines is 2. The predicted molar refractivity (Wildman–Crippen MR) is 283 cm³/mol. The molecule has 0 unspecified atom stereocenters. The zero-order chi connectivity index (χ0) is 46.7. The molecule has 0 atom stereocenters. The molecule has 0 amide bonds. The molecule has 0 spiro atoms. The van der Waals surface area contributed by atoms with Gasteiger partial charge in [-0.2, -0.15) is 0 Å². The van der Waals surface area contributed by atoms with E-state index in [9.17, 15) is 0 Å². The first kappa shape index (κ1) is 44.3. The third-order valence-electron chi connectivity index (χ3n) is 11.3. The molecule has 0 radical (unpaired) electrons. The van der Waals surface area contributed by atoms with Crippen LogP contribution in [0, 0.1) is 27.7 Å². The van der Waals surface area contributed by atoms with Crippen LogP contribution < -0.4 is 10.6 Å². The summed E-state index contributed by atoms with van der Waals surface area (Å²) >= 11 is 0. The maximum Gasteiger partial charge on any atom is 0.213 e. The van der Waals surface area contributed by atoms with Gasteiger partial charge in [-0.05, 0) is 76.2 Å². The summed E-state index contributed by atoms with van der Waals surface area (Å²) in [6.07, 6.45) is 3.69. The van der Waals surface area contributed by atoms with Crippen molar-refractivity contribution < 1.29 is 0 Å². The van der Waals surface area contributed by atoms with E-state index in [-0.39, 0.29) is 0 Å². The van der Waals surface area contributed by atoms with E-state index in [1.54, 1.807) is 0 Å². The second-order valence-corrected chi connectivity index (χ2v) is 16.6. The van der Waals surface area contributed by atoms with E-state index >= 15 is 0 Å². The minimum Gasteiger partial charge on any atom is -0.325 e. The first-order valence-corrected chi connectivity index (χ1v) is 22.7. The van der Waals surface area contributed by atoms with Gasteiger partial charge in [0.15, 0.2) is 0 Å². The highest BCUT2D eigenvalue weighted by Crippen LogP contribution is 2.34. The van der Waals surface area contributed by atoms with Gasteiger partial charge >= 0.3 is 0 Å². The van der Waals surface area contributed by atoms with Gasteiger partial charge in [0.05, 0.1) is 34.2 Å². The lowest BCUT2D eigenvalue weighted by atomic mass is 10.0. The standard InChI is InChI=1S/2C30H26N4/c2*1-22-13-17-26(18-14-22)32-30(33-27-19-15-23(2)16-20-27)34-21-31-28(24-9-5-3-6-10-24)29(34)25-11-7-4-8-12-25/h2*3-21H,1-2H3,(H,32,33). The van der Waals surface area contributed by atoms with Gasteiger partial charge in [-0.15, -0.1) is 0 Å². The molecular formula is C60H52N8. The van der Waals surface area contributed by atoms with Crippen molar-refractivity contribution in [1.82, 2.24) is 19.1 Å². The third kappa shape index (κ3) is 10.8. The Labute approximate surface area is 398 Å². The van der Waals surface area contributed by atoms with Gasteiger partial charge in [-0.1, -0.05) is 192 Å². The van der Waals surface area contributed by atoms with Crippen molar-refractivity contribution in [2.24, 2.45) is 9.98 Å². The number of aromatic nitrogens is 4. The molecule has 8 aromatic carbocycles. The molecule has 0 saturated heterocycles. The highest BCUT2D eigenvalue weighted by Gasteiger charge is 2.20. The van der Waals surface area contributed by atoms with E-state index in [0.717, 1.165) is 67.8 Å². The smallest absolute Gasteiger partial charge is 0.213 e. The summed E-state index contributed by atoms with van der Waals surface area (Å²) in [5.41, 5.74) is 16.5. The van der Waals surface area contributed by atoms with Crippen LogP contribution in [0.15, 0.2) is 241 Å². The molecule has 0 aliphatic heterocycles. The van der Waals surface area contributed by atoms with Crippen LogP contribution in [0.4, 0.5) is 22.7 Å². The highest BCUT2D eigenvalue weighted by molar-refractivity contribution is 6.02. The van der Waals surface area contributed by atoms with Crippen molar-refractivity contribution in [3.05, 3.63) is 253 Å². The Morgan fingerprint density at radius 3 is 0.926 bits per heavy atom. The second-order valence-electron chi connectivity index (χ2n) is 16.6. The van der Waals surface area contributed by atoms with Crippen molar-refractivity contribution in [1.29, 1.82) is 0 Å². The molecule has 8 heteroatoms. The number of aliphatic imine (C=N–C) groups is 2. The normalized spacial score (nSPS) is 11.4. The molecule has 8 nitrogen and oxygen atoms in total. The van der Waals surface area contributed by atoms with Crippen molar-refractivity contribution in [2.75, 3.05) is 10.6 Å². The van der Waals surface area contributed by atoms with Crippen LogP contribution in [-0.2, 0) is 0 Å². The summed E-state index contributed by atoms with van der Waals surface area (Å²) < 4.78 is 4.08. The number of nitrogens with one attached hydrogen (secondary N) is 2. The molecule has 0 aliphatic carbocycles. The second kappa shape index (κ2) is 21.0. The van der Waals surface area contributed by atoms with Crippen LogP contribution in [-0.4, -0.2) is 31.0 Å². The number of rotatable bonds is 8. The average molecular weight is 885 g/mol. The van der Waals surface area contributed by atoms with Gasteiger partial charge in [0.2, 0.25) is 11.9 Å². The van der Waals surface area contributed by atoms with Crippen LogP contribution in [0.5, 0.6) is 0 Å². The SMILES string of the molecule is Cc1ccc(N=C(Nc2ccc(C)cc2)n2cnc(-c3ccccc3)c2-c2ccccc2)cc1.Cc1ccc(N=C(Nc2ccc(C)cc2)n2cnc(-c3ccccc3)c2-c2ccccc2)cc1. The van der Waals surface area contributed by atoms with Crippen molar-refractivity contribution in [2.45, 2.75) is 27.7 Å². The van der Waals surface area contributed by atoms with Gasteiger partial charge in [0.1, 0.15) is 12.7 Å². The van der Waals surface area contributed by atoms with E-state index in [2.05, 4.69) is 160 Å². The Balaban J connectivity index is 0.000000170. The molecule has 0 saturated carbocycles. The maximum atomic E-state index is 5.01. The molecule has 2 heterocycles. The lowest BCUT2D eigenvalue weighted by Crippen LogP contribution is -2.22. The quantitative estimate of drug-likeness (QED) is 0.118. The largest absolute Gasteiger partial charge is 0.325 e. The van der Waals surface area contributed by atoms with E-state index in [0.29, 0.717) is 11.9 Å². The fraction of sp³-hybridized carbons (Fsp3) is 0.0667. The highest BCUT2D eigenvalue weighted by atomic mass is 15.3. The maximum absolute atomic E-state index is 5.01. The minimum atomic E-state index is 0.682. The Morgan fingerprint density at radius 1 is 0.338 bits per heavy atom. The van der Waals surface area contributed by atoms with Crippen LogP contribution in [0.1, 0.15) is 22.3 Å². The first-order valence-electron chi connectivity index (χ1n) is 22.7. The van der Waals surface area contributed by atoms with Crippen LogP contribution in [0.25, 0.3) is 45.0 Å². The summed E-state index contributed by atoms with van der Waals surface area (Å²) in [4.78, 5) is 19.7. The fourth-order valence-electron chi connectivity index (χ4n) is 7.68. The molecule has 332 valence electrons. The van der Waals surface area contributed by atoms with Gasteiger partial charge in [-0.25, -0.2) is 20.0 Å². The molecule has 10 rings (SSSR count). The van der Waals surface area contributed by atoms with Crippen molar-refractivity contribution >= 4 is 34.7 Å². The van der Waals surface area contributed by atoms with Crippen LogP contribution in [0.2, 0.25) is 0 Å². The van der Waals surface area contributed by atoms with E-state index in [1.165, 1.54) is 22.3 Å². The number of aryl methyl sites for hydroxylation is 4. The Hall–Kier alpha value is -8.88. The summed E-state index contributed by atoms with van der Waals surface area (Å²) in [6.45, 7) is 8.32. The summed E-state index contributed by atoms with van der Waals surface area (Å²) in [6, 6.07) is 74.2. The van der Waals surface area contributed by atoms with Gasteiger partial charge < -0.3 is 10.6 Å². The van der Waals surface area contributed by atoms with E-state index < -0.39 is 0 Å². The summed E-state index contributed by atoms with van der Waals surface area (Å²) in [5.74, 6) is 1.36. The van der Waals surface area contributed by atoms with Crippen LogP contribution >= 0.6 is 0 Å². The lowest BCUT2D eigenvalue weighted by molar-refractivity contribution is 1.12. The van der Waals surface area contributed by atoms with Gasteiger partial charge in [0, 0.05) is 33.6 Å². The van der Waals surface area contributed by atoms with Crippen LogP contribution in [0.3, 0.4) is 0 Å². The number of hydrogen-bond acceptors (Lipinski definition) is 4. The molecule has 0 aliphatic rings. The van der Waals surface area contributed by atoms with Gasteiger partial charge in [0.25, 0.3) is 0 Å². The average Bonchev–Trinajstić information content (AvgIpc) is 4.04. The Kier molecular flexibility index (Phi) is 13.7. The zero-order valence-corrected chi connectivity index (χ0v) is 38.6. The molecular weight excluding hydrogens is 833 g/mol. The molecule has 10 aromatic rings. The fourth-order valence-corrected chi connectivity index (χ4v) is 7.68. The summed E-state index contributed by atoms with van der Waals surface area (Å²) in [7, 11) is 0. The van der Waals surface area contributed by atoms with Crippen molar-refractivity contribution in [3.63, 3.8) is 0 Å². The molecule has 68 heavy (non-hydrogen) atoms. The van der Waals surface area contributed by atoms with Gasteiger partial charge in [-0.3, -0.25) is 9.13 Å². The number of hydrogen-bond donors (Lipinski definition) is 2. The van der Waals surface area contributed by atoms with Crippen molar-refractivity contribution in [3.8, 4) is 45.0 Å². The first-order chi connectivity index (χ1) is 33.3. The number of benzene rings is 8. The monoisotopic (exact) mass is 884 g/mol. The topological polar surface area (TPSA) is 84.4 Å². The number of imidazole rings is 2. The lowest BCUT2D eigenvalue weighted by Gasteiger charge is -2.15. The molecule has 2 N–H and O–H groups in total. The molecule has 0 fully saturated rings. The minimum absolute atomic E-state index is 0.682. The predicted octanol–water partition coefficient (Wildman–Crippen LogP) is 15.0. The van der Waals surface area contributed by atoms with E-state index in [1.807, 2.05) is 119 Å². The summed E-state index contributed by atoms with van der Waals surface area (Å²) in [5, 5.41) is 7.07. The van der Waals surface area contributed by atoms with E-state index in [4.69, 9.17) is 20.0 Å². The Bertz CT molecular complexity index is 3020. The number of nitrogens with zero attached hydrogens (tertiary/aromatic N) is 6. The third-order valence-corrected chi connectivity index (χ3v) is 11.3. The zero-order valence-electron chi connectivity index (χ0n) is 38.6. The molecule has 0 bridgehead atoms. The Morgan fingerprint density at radius 2 is 0.618 bits per heavy atom.